The van der Waals surface area contributed by atoms with Crippen molar-refractivity contribution in [2.75, 3.05) is 13.1 Å². The third-order valence-corrected chi connectivity index (χ3v) is 5.80. The summed E-state index contributed by atoms with van der Waals surface area (Å²) in [5, 5.41) is 0.145. The van der Waals surface area contributed by atoms with Crippen LogP contribution in [0.3, 0.4) is 0 Å². The second kappa shape index (κ2) is 7.35. The molecular weight excluding hydrogens is 429 g/mol. The number of H-pyrrole nitrogens is 1. The van der Waals surface area contributed by atoms with Crippen molar-refractivity contribution in [3.05, 3.63) is 79.2 Å². The maximum Gasteiger partial charge on any atom is 0.329 e. The average molecular weight is 446 g/mol. The fourth-order valence-corrected chi connectivity index (χ4v) is 4.12. The number of aromatic nitrogens is 2. The first-order valence-corrected chi connectivity index (χ1v) is 9.73. The van der Waals surface area contributed by atoms with E-state index in [1.807, 2.05) is 12.1 Å². The highest BCUT2D eigenvalue weighted by molar-refractivity contribution is 9.10. The Morgan fingerprint density at radius 2 is 1.82 bits per heavy atom. The second-order valence-electron chi connectivity index (χ2n) is 6.80. The number of hydrogen-bond donors (Lipinski definition) is 1. The number of benzene rings is 2. The van der Waals surface area contributed by atoms with E-state index in [1.165, 1.54) is 12.1 Å². The van der Waals surface area contributed by atoms with Crippen molar-refractivity contribution in [3.63, 3.8) is 0 Å². The number of piperidine rings is 1. The Morgan fingerprint density at radius 3 is 2.54 bits per heavy atom. The van der Waals surface area contributed by atoms with Gasteiger partial charge in [-0.05, 0) is 59.1 Å². The summed E-state index contributed by atoms with van der Waals surface area (Å²) in [6, 6.07) is 10.6. The summed E-state index contributed by atoms with van der Waals surface area (Å²) in [4.78, 5) is 42.3. The number of rotatable bonds is 2. The summed E-state index contributed by atoms with van der Waals surface area (Å²) in [5.74, 6) is -0.621. The quantitative estimate of drug-likeness (QED) is 0.658. The van der Waals surface area contributed by atoms with Gasteiger partial charge in [0.15, 0.2) is 0 Å². The monoisotopic (exact) mass is 445 g/mol. The Bertz CT molecular complexity index is 1180. The molecule has 1 saturated heterocycles. The highest BCUT2D eigenvalue weighted by atomic mass is 79.9. The third kappa shape index (κ3) is 3.28. The molecule has 1 aromatic heterocycles. The number of amides is 1. The molecule has 1 fully saturated rings. The smallest absolute Gasteiger partial charge is 0.329 e. The van der Waals surface area contributed by atoms with Crippen molar-refractivity contribution in [1.29, 1.82) is 0 Å². The molecule has 0 unspecified atom stereocenters. The van der Waals surface area contributed by atoms with Crippen LogP contribution in [0.15, 0.2) is 56.5 Å². The van der Waals surface area contributed by atoms with E-state index >= 15 is 0 Å². The first-order valence-electron chi connectivity index (χ1n) is 8.93. The van der Waals surface area contributed by atoms with E-state index in [1.54, 1.807) is 17.0 Å². The molecule has 2 aromatic carbocycles. The molecular formula is C20H17BrFN3O3. The van der Waals surface area contributed by atoms with E-state index in [9.17, 15) is 18.8 Å². The predicted molar refractivity (Wildman–Crippen MR) is 107 cm³/mol. The van der Waals surface area contributed by atoms with Gasteiger partial charge < -0.3 is 9.88 Å². The lowest BCUT2D eigenvalue weighted by Gasteiger charge is -2.32. The van der Waals surface area contributed by atoms with Crippen LogP contribution in [0.25, 0.3) is 10.9 Å². The molecule has 3 aromatic rings. The van der Waals surface area contributed by atoms with Gasteiger partial charge in [-0.1, -0.05) is 12.1 Å². The summed E-state index contributed by atoms with van der Waals surface area (Å²) < 4.78 is 15.4. The number of carbonyl (C=O) groups excluding carboxylic acids is 1. The Morgan fingerprint density at radius 1 is 1.11 bits per heavy atom. The SMILES string of the molecule is O=C(c1ccccc1Br)N1CCC(n2c(=O)[nH]c3ccc(F)cc3c2=O)CC1. The zero-order valence-electron chi connectivity index (χ0n) is 14.8. The van der Waals surface area contributed by atoms with E-state index in [0.717, 1.165) is 15.1 Å². The van der Waals surface area contributed by atoms with Gasteiger partial charge in [0.05, 0.1) is 16.5 Å². The molecule has 6 nitrogen and oxygen atoms in total. The summed E-state index contributed by atoms with van der Waals surface area (Å²) in [7, 11) is 0. The number of carbonyl (C=O) groups is 1. The fraction of sp³-hybridized carbons (Fsp3) is 0.250. The van der Waals surface area contributed by atoms with Gasteiger partial charge in [0.1, 0.15) is 5.82 Å². The van der Waals surface area contributed by atoms with Crippen molar-refractivity contribution in [2.24, 2.45) is 0 Å². The first kappa shape index (κ1) is 18.6. The molecule has 0 bridgehead atoms. The molecule has 0 saturated carbocycles. The van der Waals surface area contributed by atoms with Crippen LogP contribution in [0.2, 0.25) is 0 Å². The maximum atomic E-state index is 13.5. The summed E-state index contributed by atoms with van der Waals surface area (Å²) in [6.07, 6.45) is 0.944. The molecule has 1 aliphatic heterocycles. The molecule has 2 heterocycles. The number of fused-ring (bicyclic) bond motifs is 1. The van der Waals surface area contributed by atoms with Crippen LogP contribution in [0.4, 0.5) is 4.39 Å². The topological polar surface area (TPSA) is 75.2 Å². The molecule has 0 radical (unpaired) electrons. The summed E-state index contributed by atoms with van der Waals surface area (Å²) in [5.41, 5.74) is -0.125. The zero-order chi connectivity index (χ0) is 19.8. The summed E-state index contributed by atoms with van der Waals surface area (Å²) in [6.45, 7) is 0.857. The van der Waals surface area contributed by atoms with Gasteiger partial charge in [-0.15, -0.1) is 0 Å². The van der Waals surface area contributed by atoms with Gasteiger partial charge in [-0.25, -0.2) is 9.18 Å². The molecule has 1 N–H and O–H groups in total. The van der Waals surface area contributed by atoms with Crippen molar-refractivity contribution < 1.29 is 9.18 Å². The lowest BCUT2D eigenvalue weighted by molar-refractivity contribution is 0.0691. The van der Waals surface area contributed by atoms with E-state index in [2.05, 4.69) is 20.9 Å². The number of nitrogens with zero attached hydrogens (tertiary/aromatic N) is 2. The second-order valence-corrected chi connectivity index (χ2v) is 7.65. The van der Waals surface area contributed by atoms with Crippen LogP contribution in [0.1, 0.15) is 29.2 Å². The standard InChI is InChI=1S/C20H17BrFN3O3/c21-16-4-2-1-3-14(16)18(26)24-9-7-13(8-10-24)25-19(27)15-11-12(22)5-6-17(15)23-20(25)28/h1-6,11,13H,7-10H2,(H,23,28). The van der Waals surface area contributed by atoms with Crippen molar-refractivity contribution >= 4 is 32.7 Å². The van der Waals surface area contributed by atoms with Crippen LogP contribution in [-0.4, -0.2) is 33.4 Å². The van der Waals surface area contributed by atoms with E-state index in [0.29, 0.717) is 37.0 Å². The van der Waals surface area contributed by atoms with Gasteiger partial charge in [-0.3, -0.25) is 14.2 Å². The van der Waals surface area contributed by atoms with Crippen LogP contribution >= 0.6 is 15.9 Å². The van der Waals surface area contributed by atoms with Crippen molar-refractivity contribution in [3.8, 4) is 0 Å². The van der Waals surface area contributed by atoms with Gasteiger partial charge in [0, 0.05) is 23.6 Å². The number of nitrogens with one attached hydrogen (secondary N) is 1. The maximum absolute atomic E-state index is 13.5. The summed E-state index contributed by atoms with van der Waals surface area (Å²) >= 11 is 3.39. The lowest BCUT2D eigenvalue weighted by Crippen LogP contribution is -2.45. The third-order valence-electron chi connectivity index (χ3n) is 5.11. The molecule has 28 heavy (non-hydrogen) atoms. The highest BCUT2D eigenvalue weighted by Crippen LogP contribution is 2.24. The minimum Gasteiger partial charge on any atom is -0.338 e. The van der Waals surface area contributed by atoms with Crippen LogP contribution < -0.4 is 11.2 Å². The van der Waals surface area contributed by atoms with Crippen molar-refractivity contribution in [1.82, 2.24) is 14.5 Å². The van der Waals surface area contributed by atoms with Crippen LogP contribution in [0.5, 0.6) is 0 Å². The van der Waals surface area contributed by atoms with Gasteiger partial charge >= 0.3 is 5.69 Å². The average Bonchev–Trinajstić information content (AvgIpc) is 2.69. The number of aromatic amines is 1. The minimum atomic E-state index is -0.531. The van der Waals surface area contributed by atoms with Gasteiger partial charge in [0.2, 0.25) is 0 Å². The Balaban J connectivity index is 1.59. The molecule has 0 atom stereocenters. The largest absolute Gasteiger partial charge is 0.338 e. The van der Waals surface area contributed by atoms with Crippen LogP contribution in [-0.2, 0) is 0 Å². The van der Waals surface area contributed by atoms with E-state index in [-0.39, 0.29) is 17.3 Å². The van der Waals surface area contributed by atoms with E-state index < -0.39 is 17.1 Å². The number of halogens is 2. The van der Waals surface area contributed by atoms with Gasteiger partial charge in [-0.2, -0.15) is 0 Å². The molecule has 1 aliphatic rings. The minimum absolute atomic E-state index is 0.0900. The molecule has 8 heteroatoms. The highest BCUT2D eigenvalue weighted by Gasteiger charge is 2.27. The Hall–Kier alpha value is -2.74. The molecule has 144 valence electrons. The molecule has 1 amide bonds. The molecule has 4 rings (SSSR count). The Labute approximate surface area is 167 Å². The zero-order valence-corrected chi connectivity index (χ0v) is 16.4. The molecule has 0 spiro atoms. The number of hydrogen-bond acceptors (Lipinski definition) is 3. The van der Waals surface area contributed by atoms with E-state index in [4.69, 9.17) is 0 Å². The fourth-order valence-electron chi connectivity index (χ4n) is 3.66. The Kier molecular flexibility index (Phi) is 4.89. The lowest BCUT2D eigenvalue weighted by atomic mass is 10.0. The predicted octanol–water partition coefficient (Wildman–Crippen LogP) is 3.07. The van der Waals surface area contributed by atoms with Crippen molar-refractivity contribution in [2.45, 2.75) is 18.9 Å². The molecule has 0 aliphatic carbocycles. The van der Waals surface area contributed by atoms with Gasteiger partial charge in [0.25, 0.3) is 11.5 Å². The first-order chi connectivity index (χ1) is 13.5. The normalized spacial score (nSPS) is 15.1. The van der Waals surface area contributed by atoms with Crippen LogP contribution in [0, 0.1) is 5.82 Å². The number of likely N-dealkylation sites (tertiary alicyclic amines) is 1.